The smallest absolute Gasteiger partial charge is 0.490 e. The van der Waals surface area contributed by atoms with E-state index < -0.39 is 12.1 Å². The number of hydrogen-bond donors (Lipinski definition) is 3. The molecule has 0 aliphatic carbocycles. The highest BCUT2D eigenvalue weighted by Gasteiger charge is 2.38. The van der Waals surface area contributed by atoms with Crippen molar-refractivity contribution in [3.63, 3.8) is 0 Å². The summed E-state index contributed by atoms with van der Waals surface area (Å²) in [7, 11) is 3.37. The third-order valence-electron chi connectivity index (χ3n) is 4.21. The van der Waals surface area contributed by atoms with Gasteiger partial charge in [0.2, 0.25) is 0 Å². The molecule has 0 bridgehead atoms. The molecular weight excluding hydrogens is 429 g/mol. The zero-order valence-electron chi connectivity index (χ0n) is 17.2. The molecule has 0 fully saturated rings. The standard InChI is InChI=1S/C19H20N4O2.C2HF3O2/c1-23(17-8-6-15(7-9-17)16-12-21-22-13-16)19(24)20-11-14-4-3-5-18(10-14)25-2;3-2(4,5)1(6)7/h3-10,12-13H,11H2,1-2H3,(H,20,24)(H,21,22);(H,6,7). The number of amides is 2. The largest absolute Gasteiger partial charge is 0.497 e. The highest BCUT2D eigenvalue weighted by molar-refractivity contribution is 5.91. The Morgan fingerprint density at radius 1 is 1.16 bits per heavy atom. The van der Waals surface area contributed by atoms with Gasteiger partial charge in [0.15, 0.2) is 0 Å². The summed E-state index contributed by atoms with van der Waals surface area (Å²) in [5.41, 5.74) is 3.85. The maximum atomic E-state index is 12.4. The Kier molecular flexibility index (Phi) is 8.22. The van der Waals surface area contributed by atoms with Crippen LogP contribution in [0.15, 0.2) is 60.9 Å². The molecule has 0 radical (unpaired) electrons. The van der Waals surface area contributed by atoms with Gasteiger partial charge in [-0.25, -0.2) is 9.59 Å². The molecule has 32 heavy (non-hydrogen) atoms. The molecule has 8 nitrogen and oxygen atoms in total. The molecule has 0 aliphatic heterocycles. The van der Waals surface area contributed by atoms with E-state index >= 15 is 0 Å². The van der Waals surface area contributed by atoms with E-state index in [1.54, 1.807) is 25.3 Å². The predicted octanol–water partition coefficient (Wildman–Crippen LogP) is 4.06. The van der Waals surface area contributed by atoms with E-state index in [0.29, 0.717) is 6.54 Å². The molecule has 1 aromatic heterocycles. The van der Waals surface area contributed by atoms with Gasteiger partial charge in [0.05, 0.1) is 13.3 Å². The van der Waals surface area contributed by atoms with Crippen molar-refractivity contribution in [2.24, 2.45) is 0 Å². The second kappa shape index (κ2) is 10.8. The molecule has 3 aromatic rings. The Balaban J connectivity index is 0.000000451. The number of aromatic nitrogens is 2. The molecule has 3 rings (SSSR count). The number of benzene rings is 2. The molecule has 170 valence electrons. The molecule has 2 aromatic carbocycles. The topological polar surface area (TPSA) is 108 Å². The summed E-state index contributed by atoms with van der Waals surface area (Å²) in [4.78, 5) is 22.8. The van der Waals surface area contributed by atoms with Gasteiger partial charge in [0.25, 0.3) is 0 Å². The van der Waals surface area contributed by atoms with Crippen LogP contribution in [0.4, 0.5) is 23.7 Å². The van der Waals surface area contributed by atoms with Crippen LogP contribution in [0.25, 0.3) is 11.1 Å². The fourth-order valence-electron chi connectivity index (χ4n) is 2.48. The SMILES string of the molecule is COc1cccc(CNC(=O)N(C)c2ccc(-c3cn[nH]c3)cc2)c1.O=C(O)C(F)(F)F. The zero-order chi connectivity index (χ0) is 23.7. The fraction of sp³-hybridized carbons (Fsp3) is 0.190. The number of methoxy groups -OCH3 is 1. The van der Waals surface area contributed by atoms with Gasteiger partial charge in [0, 0.05) is 31.0 Å². The van der Waals surface area contributed by atoms with Crippen LogP contribution >= 0.6 is 0 Å². The highest BCUT2D eigenvalue weighted by atomic mass is 19.4. The van der Waals surface area contributed by atoms with Crippen LogP contribution < -0.4 is 15.0 Å². The van der Waals surface area contributed by atoms with E-state index in [9.17, 15) is 18.0 Å². The number of carbonyl (C=O) groups excluding carboxylic acids is 1. The molecular formula is C21H21F3N4O4. The van der Waals surface area contributed by atoms with Crippen molar-refractivity contribution in [1.29, 1.82) is 0 Å². The Labute approximate surface area is 181 Å². The second-order valence-electron chi connectivity index (χ2n) is 6.41. The van der Waals surface area contributed by atoms with Gasteiger partial charge in [-0.2, -0.15) is 18.3 Å². The minimum atomic E-state index is -5.08. The fourth-order valence-corrected chi connectivity index (χ4v) is 2.48. The number of hydrogen-bond acceptors (Lipinski definition) is 4. The Morgan fingerprint density at radius 2 is 1.81 bits per heavy atom. The van der Waals surface area contributed by atoms with Crippen LogP contribution in [0, 0.1) is 0 Å². The number of H-pyrrole nitrogens is 1. The summed E-state index contributed by atoms with van der Waals surface area (Å²) in [6, 6.07) is 15.2. The van der Waals surface area contributed by atoms with E-state index in [2.05, 4.69) is 15.5 Å². The van der Waals surface area contributed by atoms with Crippen LogP contribution in [-0.4, -0.2) is 47.6 Å². The minimum absolute atomic E-state index is 0.168. The van der Waals surface area contributed by atoms with Crippen molar-refractivity contribution < 1.29 is 32.6 Å². The highest BCUT2D eigenvalue weighted by Crippen LogP contribution is 2.22. The first-order chi connectivity index (χ1) is 15.1. The van der Waals surface area contributed by atoms with Gasteiger partial charge in [-0.05, 0) is 35.4 Å². The molecule has 1 heterocycles. The molecule has 0 saturated heterocycles. The lowest BCUT2D eigenvalue weighted by Crippen LogP contribution is -2.36. The van der Waals surface area contributed by atoms with Crippen molar-refractivity contribution in [2.75, 3.05) is 19.1 Å². The van der Waals surface area contributed by atoms with E-state index in [-0.39, 0.29) is 6.03 Å². The number of alkyl halides is 3. The van der Waals surface area contributed by atoms with Gasteiger partial charge in [-0.15, -0.1) is 0 Å². The number of nitrogens with one attached hydrogen (secondary N) is 2. The van der Waals surface area contributed by atoms with Crippen LogP contribution in [0.1, 0.15) is 5.56 Å². The molecule has 0 spiro atoms. The second-order valence-corrected chi connectivity index (χ2v) is 6.41. The number of nitrogens with zero attached hydrogens (tertiary/aromatic N) is 2. The lowest BCUT2D eigenvalue weighted by atomic mass is 10.1. The van der Waals surface area contributed by atoms with Crippen molar-refractivity contribution >= 4 is 17.7 Å². The monoisotopic (exact) mass is 450 g/mol. The molecule has 11 heteroatoms. The Bertz CT molecular complexity index is 1020. The van der Waals surface area contributed by atoms with Crippen molar-refractivity contribution in [1.82, 2.24) is 15.5 Å². The van der Waals surface area contributed by atoms with Crippen molar-refractivity contribution in [3.8, 4) is 16.9 Å². The van der Waals surface area contributed by atoms with Crippen molar-refractivity contribution in [2.45, 2.75) is 12.7 Å². The first-order valence-corrected chi connectivity index (χ1v) is 9.15. The average Bonchev–Trinajstić information content (AvgIpc) is 3.32. The summed E-state index contributed by atoms with van der Waals surface area (Å²) in [6.45, 7) is 0.438. The van der Waals surface area contributed by atoms with Gasteiger partial charge >= 0.3 is 18.2 Å². The Hall–Kier alpha value is -4.02. The van der Waals surface area contributed by atoms with E-state index in [4.69, 9.17) is 14.6 Å². The minimum Gasteiger partial charge on any atom is -0.497 e. The maximum absolute atomic E-state index is 12.4. The maximum Gasteiger partial charge on any atom is 0.490 e. The number of carboxylic acid groups (broad SMARTS) is 1. The van der Waals surface area contributed by atoms with E-state index in [1.165, 1.54) is 0 Å². The van der Waals surface area contributed by atoms with E-state index in [0.717, 1.165) is 28.1 Å². The summed E-state index contributed by atoms with van der Waals surface area (Å²) in [6.07, 6.45) is -1.49. The van der Waals surface area contributed by atoms with Gasteiger partial charge in [0.1, 0.15) is 5.75 Å². The number of anilines is 1. The molecule has 0 atom stereocenters. The average molecular weight is 450 g/mol. The number of halogens is 3. The number of urea groups is 1. The van der Waals surface area contributed by atoms with E-state index in [1.807, 2.05) is 54.7 Å². The quantitative estimate of drug-likeness (QED) is 0.543. The van der Waals surface area contributed by atoms with Gasteiger partial charge in [-0.3, -0.25) is 10.00 Å². The van der Waals surface area contributed by atoms with Crippen molar-refractivity contribution in [3.05, 3.63) is 66.5 Å². The first-order valence-electron chi connectivity index (χ1n) is 9.15. The third-order valence-corrected chi connectivity index (χ3v) is 4.21. The normalized spacial score (nSPS) is 10.5. The number of carboxylic acids is 1. The van der Waals surface area contributed by atoms with Gasteiger partial charge in [-0.1, -0.05) is 24.3 Å². The summed E-state index contributed by atoms with van der Waals surface area (Å²) >= 11 is 0. The lowest BCUT2D eigenvalue weighted by Gasteiger charge is -2.18. The van der Waals surface area contributed by atoms with Crippen LogP contribution in [0.5, 0.6) is 5.75 Å². The summed E-state index contributed by atoms with van der Waals surface area (Å²) in [5.74, 6) is -1.98. The number of ether oxygens (including phenoxy) is 1. The Morgan fingerprint density at radius 3 is 2.34 bits per heavy atom. The summed E-state index contributed by atoms with van der Waals surface area (Å²) in [5, 5.41) is 16.8. The number of carbonyl (C=O) groups is 2. The van der Waals surface area contributed by atoms with Crippen LogP contribution in [-0.2, 0) is 11.3 Å². The van der Waals surface area contributed by atoms with Crippen LogP contribution in [0.3, 0.4) is 0 Å². The molecule has 2 amide bonds. The van der Waals surface area contributed by atoms with Crippen LogP contribution in [0.2, 0.25) is 0 Å². The molecule has 0 unspecified atom stereocenters. The molecule has 0 aliphatic rings. The summed E-state index contributed by atoms with van der Waals surface area (Å²) < 4.78 is 36.9. The first kappa shape index (κ1) is 24.3. The predicted molar refractivity (Wildman–Crippen MR) is 111 cm³/mol. The molecule has 3 N–H and O–H groups in total. The lowest BCUT2D eigenvalue weighted by molar-refractivity contribution is -0.192. The zero-order valence-corrected chi connectivity index (χ0v) is 17.2. The molecule has 0 saturated carbocycles. The number of rotatable bonds is 5. The third kappa shape index (κ3) is 7.04. The number of aromatic amines is 1. The number of aliphatic carboxylic acids is 1. The van der Waals surface area contributed by atoms with Gasteiger partial charge < -0.3 is 15.2 Å².